The van der Waals surface area contributed by atoms with Gasteiger partial charge in [0.1, 0.15) is 18.4 Å². The number of anilines is 1. The SMILES string of the molecule is CNC(=O)C(Cc1ccccc1)N(Cc1ccccc1F)C(=O)CN(c1ccc(OC)c(OC)c1)S(=O)(=O)c1ccccc1. The average molecular weight is 620 g/mol. The smallest absolute Gasteiger partial charge is 0.264 e. The molecule has 2 amide bonds. The Bertz CT molecular complexity index is 1690. The molecule has 1 unspecified atom stereocenters. The lowest BCUT2D eigenvalue weighted by Gasteiger charge is -2.33. The lowest BCUT2D eigenvalue weighted by atomic mass is 10.0. The molecule has 0 spiro atoms. The Morgan fingerprint density at radius 3 is 2.07 bits per heavy atom. The van der Waals surface area contributed by atoms with Crippen LogP contribution in [0, 0.1) is 5.82 Å². The number of amides is 2. The van der Waals surface area contributed by atoms with Crippen molar-refractivity contribution in [2.45, 2.75) is 23.9 Å². The number of carbonyl (C=O) groups is 2. The Kier molecular flexibility index (Phi) is 10.6. The van der Waals surface area contributed by atoms with Crippen molar-refractivity contribution in [3.05, 3.63) is 120 Å². The summed E-state index contributed by atoms with van der Waals surface area (Å²) in [6.07, 6.45) is 0.114. The van der Waals surface area contributed by atoms with E-state index in [2.05, 4.69) is 5.32 Å². The second-order valence-corrected chi connectivity index (χ2v) is 11.7. The third-order valence-corrected chi connectivity index (χ3v) is 8.87. The number of hydrogen-bond donors (Lipinski definition) is 1. The van der Waals surface area contributed by atoms with E-state index in [0.717, 1.165) is 9.87 Å². The van der Waals surface area contributed by atoms with E-state index >= 15 is 0 Å². The Balaban J connectivity index is 1.83. The van der Waals surface area contributed by atoms with Gasteiger partial charge in [0.05, 0.1) is 24.8 Å². The Morgan fingerprint density at radius 1 is 0.841 bits per heavy atom. The van der Waals surface area contributed by atoms with Gasteiger partial charge in [-0.2, -0.15) is 0 Å². The molecule has 0 saturated carbocycles. The van der Waals surface area contributed by atoms with Crippen molar-refractivity contribution in [3.8, 4) is 11.5 Å². The number of nitrogens with one attached hydrogen (secondary N) is 1. The fourth-order valence-corrected chi connectivity index (χ4v) is 6.19. The minimum atomic E-state index is -4.30. The van der Waals surface area contributed by atoms with Crippen molar-refractivity contribution < 1.29 is 31.9 Å². The molecule has 0 heterocycles. The molecule has 0 aliphatic heterocycles. The quantitative estimate of drug-likeness (QED) is 0.238. The van der Waals surface area contributed by atoms with Crippen LogP contribution < -0.4 is 19.1 Å². The van der Waals surface area contributed by atoms with Crippen LogP contribution in [0.1, 0.15) is 11.1 Å². The summed E-state index contributed by atoms with van der Waals surface area (Å²) in [6.45, 7) is -0.967. The predicted molar refractivity (Wildman–Crippen MR) is 165 cm³/mol. The van der Waals surface area contributed by atoms with Crippen molar-refractivity contribution in [3.63, 3.8) is 0 Å². The largest absolute Gasteiger partial charge is 0.493 e. The molecule has 9 nitrogen and oxygen atoms in total. The molecule has 0 fully saturated rings. The molecule has 0 radical (unpaired) electrons. The standard InChI is InChI=1S/C33H34FN3O6S/c1-35-33(39)29(20-24-12-6-4-7-13-24)36(22-25-14-10-11-17-28(25)34)32(38)23-37(44(40,41)27-15-8-5-9-16-27)26-18-19-30(42-2)31(21-26)43-3/h4-19,21,29H,20,22-23H2,1-3H3,(H,35,39). The highest BCUT2D eigenvalue weighted by Gasteiger charge is 2.35. The lowest BCUT2D eigenvalue weighted by Crippen LogP contribution is -2.53. The monoisotopic (exact) mass is 619 g/mol. The molecule has 0 aromatic heterocycles. The zero-order valence-electron chi connectivity index (χ0n) is 24.6. The van der Waals surface area contributed by atoms with Gasteiger partial charge < -0.3 is 19.7 Å². The number of ether oxygens (including phenoxy) is 2. The molecule has 0 bridgehead atoms. The molecule has 1 atom stereocenters. The van der Waals surface area contributed by atoms with E-state index in [1.165, 1.54) is 74.7 Å². The lowest BCUT2D eigenvalue weighted by molar-refractivity contribution is -0.139. The Morgan fingerprint density at radius 2 is 1.45 bits per heavy atom. The summed E-state index contributed by atoms with van der Waals surface area (Å²) >= 11 is 0. The van der Waals surface area contributed by atoms with E-state index in [9.17, 15) is 22.4 Å². The van der Waals surface area contributed by atoms with E-state index < -0.39 is 40.2 Å². The average Bonchev–Trinajstić information content (AvgIpc) is 3.06. The van der Waals surface area contributed by atoms with Crippen molar-refractivity contribution in [2.24, 2.45) is 0 Å². The van der Waals surface area contributed by atoms with Gasteiger partial charge in [0.25, 0.3) is 10.0 Å². The van der Waals surface area contributed by atoms with Gasteiger partial charge in [0.2, 0.25) is 11.8 Å². The first kappa shape index (κ1) is 32.0. The van der Waals surface area contributed by atoms with E-state index in [1.807, 2.05) is 30.3 Å². The zero-order chi connectivity index (χ0) is 31.7. The van der Waals surface area contributed by atoms with Gasteiger partial charge in [0, 0.05) is 31.6 Å². The van der Waals surface area contributed by atoms with Crippen LogP contribution in [-0.4, -0.2) is 59.0 Å². The van der Waals surface area contributed by atoms with Gasteiger partial charge in [-0.3, -0.25) is 13.9 Å². The molecule has 0 saturated heterocycles. The van der Waals surface area contributed by atoms with E-state index in [4.69, 9.17) is 9.47 Å². The minimum Gasteiger partial charge on any atom is -0.493 e. The first-order valence-electron chi connectivity index (χ1n) is 13.8. The van der Waals surface area contributed by atoms with Crippen molar-refractivity contribution >= 4 is 27.5 Å². The number of rotatable bonds is 13. The van der Waals surface area contributed by atoms with Gasteiger partial charge in [-0.1, -0.05) is 66.7 Å². The van der Waals surface area contributed by atoms with Crippen LogP contribution in [0.15, 0.2) is 108 Å². The van der Waals surface area contributed by atoms with Crippen LogP contribution in [0.25, 0.3) is 0 Å². The predicted octanol–water partition coefficient (Wildman–Crippen LogP) is 4.42. The number of benzene rings is 4. The molecule has 4 aromatic carbocycles. The number of sulfonamides is 1. The Hall–Kier alpha value is -4.90. The van der Waals surface area contributed by atoms with Crippen LogP contribution in [0.4, 0.5) is 10.1 Å². The van der Waals surface area contributed by atoms with E-state index in [-0.39, 0.29) is 34.9 Å². The van der Waals surface area contributed by atoms with Crippen LogP contribution in [-0.2, 0) is 32.6 Å². The number of nitrogens with zero attached hydrogens (tertiary/aromatic N) is 2. The maximum atomic E-state index is 14.9. The summed E-state index contributed by atoms with van der Waals surface area (Å²) in [4.78, 5) is 28.8. The topological polar surface area (TPSA) is 105 Å². The molecular weight excluding hydrogens is 585 g/mol. The summed E-state index contributed by atoms with van der Waals surface area (Å²) in [5.41, 5.74) is 1.07. The molecular formula is C33H34FN3O6S. The highest BCUT2D eigenvalue weighted by molar-refractivity contribution is 7.92. The summed E-state index contributed by atoms with van der Waals surface area (Å²) in [6, 6.07) is 26.1. The van der Waals surface area contributed by atoms with Crippen molar-refractivity contribution in [2.75, 3.05) is 32.1 Å². The number of halogens is 1. The maximum absolute atomic E-state index is 14.9. The van der Waals surface area contributed by atoms with Crippen molar-refractivity contribution in [1.29, 1.82) is 0 Å². The summed E-state index contributed by atoms with van der Waals surface area (Å²) in [7, 11) is 0.00584. The van der Waals surface area contributed by atoms with Gasteiger partial charge in [-0.15, -0.1) is 0 Å². The minimum absolute atomic E-state index is 0.0459. The van der Waals surface area contributed by atoms with Crippen molar-refractivity contribution in [1.82, 2.24) is 10.2 Å². The highest BCUT2D eigenvalue weighted by Crippen LogP contribution is 2.34. The second-order valence-electron chi connectivity index (χ2n) is 9.80. The molecule has 11 heteroatoms. The van der Waals surface area contributed by atoms with Crippen LogP contribution in [0.3, 0.4) is 0 Å². The Labute approximate surface area is 256 Å². The van der Waals surface area contributed by atoms with E-state index in [0.29, 0.717) is 5.75 Å². The molecule has 1 N–H and O–H groups in total. The van der Waals surface area contributed by atoms with Gasteiger partial charge >= 0.3 is 0 Å². The highest BCUT2D eigenvalue weighted by atomic mass is 32.2. The zero-order valence-corrected chi connectivity index (χ0v) is 25.5. The second kappa shape index (κ2) is 14.5. The van der Waals surface area contributed by atoms with Crippen LogP contribution in [0.2, 0.25) is 0 Å². The fourth-order valence-electron chi connectivity index (χ4n) is 4.76. The molecule has 230 valence electrons. The fraction of sp³-hybridized carbons (Fsp3) is 0.212. The number of carbonyl (C=O) groups excluding carboxylic acids is 2. The van der Waals surface area contributed by atoms with Gasteiger partial charge in [0.15, 0.2) is 11.5 Å². The molecule has 44 heavy (non-hydrogen) atoms. The maximum Gasteiger partial charge on any atom is 0.264 e. The van der Waals surface area contributed by atoms with E-state index in [1.54, 1.807) is 24.3 Å². The third kappa shape index (κ3) is 7.35. The number of hydrogen-bond acceptors (Lipinski definition) is 6. The molecule has 4 rings (SSSR count). The number of methoxy groups -OCH3 is 2. The first-order chi connectivity index (χ1) is 21.2. The van der Waals surface area contributed by atoms with Crippen LogP contribution >= 0.6 is 0 Å². The van der Waals surface area contributed by atoms with Gasteiger partial charge in [-0.25, -0.2) is 12.8 Å². The normalized spacial score (nSPS) is 11.7. The molecule has 0 aliphatic rings. The van der Waals surface area contributed by atoms with Gasteiger partial charge in [-0.05, 0) is 35.9 Å². The van der Waals surface area contributed by atoms with Crippen LogP contribution in [0.5, 0.6) is 11.5 Å². The molecule has 4 aromatic rings. The summed E-state index contributed by atoms with van der Waals surface area (Å²) in [5.74, 6) is -1.15. The summed E-state index contributed by atoms with van der Waals surface area (Å²) in [5, 5.41) is 2.60. The first-order valence-corrected chi connectivity index (χ1v) is 15.2. The third-order valence-electron chi connectivity index (χ3n) is 7.08. The molecule has 0 aliphatic carbocycles. The summed E-state index contributed by atoms with van der Waals surface area (Å²) < 4.78 is 54.7. The number of likely N-dealkylation sites (N-methyl/N-ethyl adjacent to an activating group) is 1.